The molecule has 2 N–H and O–H groups in total. The Morgan fingerprint density at radius 3 is 2.67 bits per heavy atom. The number of nitrogens with zero attached hydrogens (tertiary/aromatic N) is 5. The van der Waals surface area contributed by atoms with Gasteiger partial charge in [0.1, 0.15) is 12.2 Å². The molecular formula is C20H37N7. The monoisotopic (exact) mass is 375 g/mol. The van der Waals surface area contributed by atoms with Gasteiger partial charge in [0.15, 0.2) is 5.96 Å². The maximum Gasteiger partial charge on any atom is 0.191 e. The largest absolute Gasteiger partial charge is 0.355 e. The van der Waals surface area contributed by atoms with Crippen LogP contribution in [-0.4, -0.2) is 63.9 Å². The van der Waals surface area contributed by atoms with Gasteiger partial charge in [-0.25, -0.2) is 0 Å². The quantitative estimate of drug-likeness (QED) is 0.393. The van der Waals surface area contributed by atoms with Gasteiger partial charge in [0.25, 0.3) is 0 Å². The maximum absolute atomic E-state index is 4.88. The maximum atomic E-state index is 4.88. The summed E-state index contributed by atoms with van der Waals surface area (Å²) >= 11 is 0. The van der Waals surface area contributed by atoms with Gasteiger partial charge < -0.3 is 15.2 Å². The van der Waals surface area contributed by atoms with Crippen LogP contribution in [0, 0.1) is 0 Å². The molecule has 0 radical (unpaired) electrons. The van der Waals surface area contributed by atoms with E-state index in [2.05, 4.69) is 57.6 Å². The normalized spacial score (nSPS) is 16.4. The SMILES string of the molecule is C=C(C)CNC(=NCC(C)(C)N1CCCCC1)NCCn1cnnc1CC. The van der Waals surface area contributed by atoms with Crippen LogP contribution in [0.15, 0.2) is 23.5 Å². The van der Waals surface area contributed by atoms with Gasteiger partial charge in [-0.15, -0.1) is 10.2 Å². The molecule has 1 aromatic heterocycles. The molecule has 1 saturated heterocycles. The lowest BCUT2D eigenvalue weighted by molar-refractivity contribution is 0.102. The minimum absolute atomic E-state index is 0.0713. The highest BCUT2D eigenvalue weighted by molar-refractivity contribution is 5.80. The second-order valence-corrected chi connectivity index (χ2v) is 8.06. The van der Waals surface area contributed by atoms with Crippen molar-refractivity contribution in [2.75, 3.05) is 32.7 Å². The zero-order valence-corrected chi connectivity index (χ0v) is 17.6. The number of likely N-dealkylation sites (tertiary alicyclic amines) is 1. The molecule has 0 saturated carbocycles. The third kappa shape index (κ3) is 6.97. The van der Waals surface area contributed by atoms with E-state index in [1.54, 1.807) is 6.33 Å². The van der Waals surface area contributed by atoms with Crippen LogP contribution in [0.25, 0.3) is 0 Å². The van der Waals surface area contributed by atoms with Crippen molar-refractivity contribution in [2.45, 2.75) is 65.5 Å². The number of hydrogen-bond donors (Lipinski definition) is 2. The Morgan fingerprint density at radius 1 is 1.26 bits per heavy atom. The summed E-state index contributed by atoms with van der Waals surface area (Å²) in [6.45, 7) is 18.1. The molecular weight excluding hydrogens is 338 g/mol. The van der Waals surface area contributed by atoms with E-state index in [9.17, 15) is 0 Å². The number of hydrogen-bond acceptors (Lipinski definition) is 4. The summed E-state index contributed by atoms with van der Waals surface area (Å²) in [7, 11) is 0. The Morgan fingerprint density at radius 2 is 2.00 bits per heavy atom. The fourth-order valence-electron chi connectivity index (χ4n) is 3.31. The first-order valence-corrected chi connectivity index (χ1v) is 10.2. The molecule has 0 unspecified atom stereocenters. The number of aliphatic imine (C=N–C) groups is 1. The fraction of sp³-hybridized carbons (Fsp3) is 0.750. The van der Waals surface area contributed by atoms with E-state index < -0.39 is 0 Å². The molecule has 7 nitrogen and oxygen atoms in total. The summed E-state index contributed by atoms with van der Waals surface area (Å²) in [6, 6.07) is 0. The number of rotatable bonds is 9. The van der Waals surface area contributed by atoms with E-state index >= 15 is 0 Å². The Bertz CT molecular complexity index is 612. The summed E-state index contributed by atoms with van der Waals surface area (Å²) in [6.07, 6.45) is 6.62. The van der Waals surface area contributed by atoms with Gasteiger partial charge in [0.05, 0.1) is 6.54 Å². The molecule has 0 amide bonds. The van der Waals surface area contributed by atoms with E-state index in [4.69, 9.17) is 4.99 Å². The molecule has 1 aromatic rings. The Labute approximate surface area is 164 Å². The zero-order chi connectivity index (χ0) is 19.7. The van der Waals surface area contributed by atoms with Crippen LogP contribution in [0.4, 0.5) is 0 Å². The smallest absolute Gasteiger partial charge is 0.191 e. The minimum Gasteiger partial charge on any atom is -0.355 e. The molecule has 1 fully saturated rings. The van der Waals surface area contributed by atoms with Crippen LogP contribution in [-0.2, 0) is 13.0 Å². The van der Waals surface area contributed by atoms with Gasteiger partial charge in [-0.3, -0.25) is 9.89 Å². The first kappa shape index (κ1) is 21.4. The molecule has 1 aliphatic heterocycles. The van der Waals surface area contributed by atoms with Gasteiger partial charge in [-0.05, 0) is 46.7 Å². The topological polar surface area (TPSA) is 70.4 Å². The zero-order valence-electron chi connectivity index (χ0n) is 17.6. The van der Waals surface area contributed by atoms with Crippen LogP contribution >= 0.6 is 0 Å². The van der Waals surface area contributed by atoms with Crippen LogP contribution in [0.5, 0.6) is 0 Å². The van der Waals surface area contributed by atoms with E-state index in [0.717, 1.165) is 50.0 Å². The Hall–Kier alpha value is -1.89. The van der Waals surface area contributed by atoms with Gasteiger partial charge in [-0.1, -0.05) is 25.5 Å². The molecule has 0 aromatic carbocycles. The van der Waals surface area contributed by atoms with Crippen molar-refractivity contribution in [1.29, 1.82) is 0 Å². The minimum atomic E-state index is 0.0713. The van der Waals surface area contributed by atoms with Gasteiger partial charge >= 0.3 is 0 Å². The second kappa shape index (κ2) is 10.4. The lowest BCUT2D eigenvalue weighted by atomic mass is 9.99. The highest BCUT2D eigenvalue weighted by Crippen LogP contribution is 2.20. The van der Waals surface area contributed by atoms with Crippen molar-refractivity contribution in [3.05, 3.63) is 24.3 Å². The molecule has 0 aliphatic carbocycles. The summed E-state index contributed by atoms with van der Waals surface area (Å²) in [5.41, 5.74) is 1.16. The molecule has 7 heteroatoms. The highest BCUT2D eigenvalue weighted by Gasteiger charge is 2.27. The summed E-state index contributed by atoms with van der Waals surface area (Å²) in [5, 5.41) is 15.0. The molecule has 2 heterocycles. The van der Waals surface area contributed by atoms with Crippen LogP contribution in [0.1, 0.15) is 52.8 Å². The van der Waals surface area contributed by atoms with Crippen molar-refractivity contribution in [3.63, 3.8) is 0 Å². The number of guanidine groups is 1. The fourth-order valence-corrected chi connectivity index (χ4v) is 3.31. The summed E-state index contributed by atoms with van der Waals surface area (Å²) < 4.78 is 2.08. The van der Waals surface area contributed by atoms with E-state index in [1.165, 1.54) is 32.4 Å². The van der Waals surface area contributed by atoms with Crippen LogP contribution in [0.2, 0.25) is 0 Å². The third-order valence-electron chi connectivity index (χ3n) is 5.05. The van der Waals surface area contributed by atoms with Crippen molar-refractivity contribution in [3.8, 4) is 0 Å². The standard InChI is InChI=1S/C20H37N7/c1-6-18-25-24-16-26(18)13-10-21-19(22-14-17(2)3)23-15-20(4,5)27-11-8-7-9-12-27/h16H,2,6-15H2,1,3-5H3,(H2,21,22,23). The molecule has 0 bridgehead atoms. The Kier molecular flexibility index (Phi) is 8.28. The lowest BCUT2D eigenvalue weighted by Gasteiger charge is -2.40. The van der Waals surface area contributed by atoms with Crippen LogP contribution in [0.3, 0.4) is 0 Å². The number of aromatic nitrogens is 3. The number of nitrogens with one attached hydrogen (secondary N) is 2. The van der Waals surface area contributed by atoms with Crippen molar-refractivity contribution < 1.29 is 0 Å². The molecule has 152 valence electrons. The molecule has 0 atom stereocenters. The average Bonchev–Trinajstić information content (AvgIpc) is 3.11. The summed E-state index contributed by atoms with van der Waals surface area (Å²) in [5.74, 6) is 1.85. The van der Waals surface area contributed by atoms with E-state index in [1.807, 2.05) is 6.92 Å². The molecule has 1 aliphatic rings. The number of piperidine rings is 1. The van der Waals surface area contributed by atoms with Crippen molar-refractivity contribution >= 4 is 5.96 Å². The number of aryl methyl sites for hydroxylation is 1. The molecule has 0 spiro atoms. The average molecular weight is 376 g/mol. The highest BCUT2D eigenvalue weighted by atomic mass is 15.3. The second-order valence-electron chi connectivity index (χ2n) is 8.06. The van der Waals surface area contributed by atoms with Gasteiger partial charge in [0.2, 0.25) is 0 Å². The first-order chi connectivity index (χ1) is 12.9. The third-order valence-corrected chi connectivity index (χ3v) is 5.05. The van der Waals surface area contributed by atoms with Gasteiger partial charge in [-0.2, -0.15) is 0 Å². The van der Waals surface area contributed by atoms with Crippen LogP contribution < -0.4 is 10.6 Å². The summed E-state index contributed by atoms with van der Waals surface area (Å²) in [4.78, 5) is 7.45. The van der Waals surface area contributed by atoms with Crippen molar-refractivity contribution in [2.24, 2.45) is 4.99 Å². The van der Waals surface area contributed by atoms with Crippen molar-refractivity contribution in [1.82, 2.24) is 30.3 Å². The van der Waals surface area contributed by atoms with Gasteiger partial charge in [0, 0.05) is 31.6 Å². The van der Waals surface area contributed by atoms with E-state index in [0.29, 0.717) is 0 Å². The predicted octanol–water partition coefficient (Wildman–Crippen LogP) is 2.22. The van der Waals surface area contributed by atoms with E-state index in [-0.39, 0.29) is 5.54 Å². The molecule has 27 heavy (non-hydrogen) atoms. The Balaban J connectivity index is 1.93. The molecule has 2 rings (SSSR count). The predicted molar refractivity (Wildman–Crippen MR) is 112 cm³/mol. The first-order valence-electron chi connectivity index (χ1n) is 10.2. The lowest BCUT2D eigenvalue weighted by Crippen LogP contribution is -2.49.